The molecule has 142 valence electrons. The third kappa shape index (κ3) is 9.32. The summed E-state index contributed by atoms with van der Waals surface area (Å²) in [6.07, 6.45) is 0.0655. The van der Waals surface area contributed by atoms with E-state index in [0.29, 0.717) is 19.4 Å². The van der Waals surface area contributed by atoms with Crippen LogP contribution in [0.15, 0.2) is 0 Å². The summed E-state index contributed by atoms with van der Waals surface area (Å²) in [4.78, 5) is 25.0. The number of hydrogen-bond donors (Lipinski definition) is 5. The van der Waals surface area contributed by atoms with Crippen molar-refractivity contribution in [3.8, 4) is 0 Å². The summed E-state index contributed by atoms with van der Waals surface area (Å²) < 4.78 is 0. The molecule has 24 heavy (non-hydrogen) atoms. The minimum Gasteiger partial charge on any atom is -0.366 e. The molecular formula is C17H36N4O3. The lowest BCUT2D eigenvalue weighted by Crippen LogP contribution is -2.54. The normalized spacial score (nSPS) is 15.6. The number of Topliss-reactive ketones (excluding diaryl/α,β-unsaturated/α-hetero) is 1. The van der Waals surface area contributed by atoms with Crippen LogP contribution in [0.1, 0.15) is 54.4 Å². The van der Waals surface area contributed by atoms with Gasteiger partial charge in [-0.05, 0) is 25.3 Å². The smallest absolute Gasteiger partial charge is 0.237 e. The number of rotatable bonds is 12. The first-order chi connectivity index (χ1) is 11.1. The summed E-state index contributed by atoms with van der Waals surface area (Å²) in [7, 11) is 0. The summed E-state index contributed by atoms with van der Waals surface area (Å²) >= 11 is 0. The van der Waals surface area contributed by atoms with Gasteiger partial charge in [-0.15, -0.1) is 0 Å². The van der Waals surface area contributed by atoms with Crippen LogP contribution >= 0.6 is 0 Å². The number of nitrogens with two attached hydrogens (primary N) is 1. The molecule has 0 aliphatic heterocycles. The summed E-state index contributed by atoms with van der Waals surface area (Å²) in [6, 6.07) is -0.682. The van der Waals surface area contributed by atoms with Gasteiger partial charge in [-0.1, -0.05) is 41.5 Å². The standard InChI is InChI=1S/C17H36N4O3/c1-10(2)14(20-12(5)6)16(23)21-13(15(22)11(3)4)8-7-9-19-17(18)24/h10-14,17,19-20,24H,7-9,18H2,1-6H3,(H,21,23)/t13-,14-,17?/m0/s1. The predicted octanol–water partition coefficient (Wildman–Crippen LogP) is 0.323. The highest BCUT2D eigenvalue weighted by molar-refractivity contribution is 5.91. The van der Waals surface area contributed by atoms with Gasteiger partial charge in [0, 0.05) is 12.0 Å². The first kappa shape index (κ1) is 23.0. The van der Waals surface area contributed by atoms with E-state index in [2.05, 4.69) is 16.0 Å². The van der Waals surface area contributed by atoms with Gasteiger partial charge in [-0.2, -0.15) is 0 Å². The van der Waals surface area contributed by atoms with Gasteiger partial charge >= 0.3 is 0 Å². The van der Waals surface area contributed by atoms with Gasteiger partial charge in [-0.3, -0.25) is 20.6 Å². The van der Waals surface area contributed by atoms with Gasteiger partial charge in [-0.25, -0.2) is 0 Å². The van der Waals surface area contributed by atoms with E-state index >= 15 is 0 Å². The molecule has 1 unspecified atom stereocenters. The molecule has 3 atom stereocenters. The molecule has 0 saturated heterocycles. The van der Waals surface area contributed by atoms with Crippen LogP contribution in [0.5, 0.6) is 0 Å². The quantitative estimate of drug-likeness (QED) is 0.257. The van der Waals surface area contributed by atoms with Crippen molar-refractivity contribution >= 4 is 11.7 Å². The highest BCUT2D eigenvalue weighted by Gasteiger charge is 2.28. The van der Waals surface area contributed by atoms with Gasteiger partial charge in [0.2, 0.25) is 5.91 Å². The van der Waals surface area contributed by atoms with Gasteiger partial charge in [0.25, 0.3) is 0 Å². The molecule has 1 amide bonds. The van der Waals surface area contributed by atoms with Crippen molar-refractivity contribution in [3.05, 3.63) is 0 Å². The molecule has 0 aliphatic rings. The van der Waals surface area contributed by atoms with E-state index in [0.717, 1.165) is 0 Å². The number of hydrogen-bond acceptors (Lipinski definition) is 6. The maximum Gasteiger partial charge on any atom is 0.237 e. The second-order valence-electron chi connectivity index (χ2n) is 7.20. The molecule has 7 nitrogen and oxygen atoms in total. The molecule has 0 saturated carbocycles. The first-order valence-corrected chi connectivity index (χ1v) is 8.83. The Hall–Kier alpha value is -1.02. The Morgan fingerprint density at radius 1 is 1.08 bits per heavy atom. The fourth-order valence-corrected chi connectivity index (χ4v) is 2.44. The van der Waals surface area contributed by atoms with Crippen LogP contribution in [-0.4, -0.2) is 47.8 Å². The Balaban J connectivity index is 4.83. The fourth-order valence-electron chi connectivity index (χ4n) is 2.44. The second kappa shape index (κ2) is 11.5. The highest BCUT2D eigenvalue weighted by atomic mass is 16.3. The van der Waals surface area contributed by atoms with E-state index < -0.39 is 12.4 Å². The van der Waals surface area contributed by atoms with Gasteiger partial charge in [0.1, 0.15) is 0 Å². The number of carbonyl (C=O) groups is 2. The zero-order valence-electron chi connectivity index (χ0n) is 15.9. The van der Waals surface area contributed by atoms with Crippen LogP contribution < -0.4 is 21.7 Å². The molecule has 0 aromatic heterocycles. The molecule has 0 fully saturated rings. The third-order valence-corrected chi connectivity index (χ3v) is 3.71. The summed E-state index contributed by atoms with van der Waals surface area (Å²) in [5.74, 6) is -0.164. The molecule has 7 heteroatoms. The van der Waals surface area contributed by atoms with Gasteiger partial charge < -0.3 is 15.7 Å². The molecule has 0 rings (SSSR count). The van der Waals surface area contributed by atoms with E-state index in [1.165, 1.54) is 0 Å². The Bertz CT molecular complexity index is 384. The third-order valence-electron chi connectivity index (χ3n) is 3.71. The molecule has 0 spiro atoms. The predicted molar refractivity (Wildman–Crippen MR) is 96.1 cm³/mol. The van der Waals surface area contributed by atoms with Crippen LogP contribution in [0.4, 0.5) is 0 Å². The minimum absolute atomic E-state index is 0.0173. The summed E-state index contributed by atoms with van der Waals surface area (Å²) in [6.45, 7) is 12.1. The average molecular weight is 345 g/mol. The number of aliphatic hydroxyl groups excluding tert-OH is 1. The molecule has 0 aliphatic carbocycles. The van der Waals surface area contributed by atoms with Crippen LogP contribution in [-0.2, 0) is 9.59 Å². The number of aliphatic hydroxyl groups is 1. The van der Waals surface area contributed by atoms with Crippen LogP contribution in [0, 0.1) is 11.8 Å². The number of carbonyl (C=O) groups excluding carboxylic acids is 2. The van der Waals surface area contributed by atoms with Crippen molar-refractivity contribution < 1.29 is 14.7 Å². The van der Waals surface area contributed by atoms with E-state index in [9.17, 15) is 9.59 Å². The molecule has 0 aromatic carbocycles. The Morgan fingerprint density at radius 2 is 1.67 bits per heavy atom. The highest BCUT2D eigenvalue weighted by Crippen LogP contribution is 2.09. The van der Waals surface area contributed by atoms with Crippen LogP contribution in [0.3, 0.4) is 0 Å². The monoisotopic (exact) mass is 344 g/mol. The molecular weight excluding hydrogens is 308 g/mol. The fraction of sp³-hybridized carbons (Fsp3) is 0.882. The maximum absolute atomic E-state index is 12.6. The average Bonchev–Trinajstić information content (AvgIpc) is 2.45. The van der Waals surface area contributed by atoms with Crippen molar-refractivity contribution in [2.75, 3.05) is 6.54 Å². The largest absolute Gasteiger partial charge is 0.366 e. The lowest BCUT2D eigenvalue weighted by atomic mass is 9.96. The van der Waals surface area contributed by atoms with Gasteiger partial charge in [0.15, 0.2) is 12.1 Å². The number of amides is 1. The van der Waals surface area contributed by atoms with Crippen LogP contribution in [0.25, 0.3) is 0 Å². The minimum atomic E-state index is -1.07. The van der Waals surface area contributed by atoms with Crippen molar-refractivity contribution in [3.63, 3.8) is 0 Å². The van der Waals surface area contributed by atoms with Crippen LogP contribution in [0.2, 0.25) is 0 Å². The summed E-state index contributed by atoms with van der Waals surface area (Å²) in [5, 5.41) is 17.8. The molecule has 0 bridgehead atoms. The zero-order chi connectivity index (χ0) is 18.9. The lowest BCUT2D eigenvalue weighted by Gasteiger charge is -2.27. The van der Waals surface area contributed by atoms with Crippen molar-refractivity contribution in [2.45, 2.75) is 78.9 Å². The van der Waals surface area contributed by atoms with E-state index in [1.807, 2.05) is 41.5 Å². The maximum atomic E-state index is 12.6. The van der Waals surface area contributed by atoms with E-state index in [-0.39, 0.29) is 35.6 Å². The lowest BCUT2D eigenvalue weighted by molar-refractivity contribution is -0.131. The van der Waals surface area contributed by atoms with E-state index in [4.69, 9.17) is 10.8 Å². The summed E-state index contributed by atoms with van der Waals surface area (Å²) in [5.41, 5.74) is 5.22. The molecule has 6 N–H and O–H groups in total. The zero-order valence-corrected chi connectivity index (χ0v) is 15.9. The molecule has 0 aromatic rings. The first-order valence-electron chi connectivity index (χ1n) is 8.83. The van der Waals surface area contributed by atoms with Crippen molar-refractivity contribution in [2.24, 2.45) is 17.6 Å². The topological polar surface area (TPSA) is 116 Å². The van der Waals surface area contributed by atoms with Crippen molar-refractivity contribution in [1.29, 1.82) is 0 Å². The Morgan fingerprint density at radius 3 is 2.08 bits per heavy atom. The molecule has 0 heterocycles. The van der Waals surface area contributed by atoms with Crippen molar-refractivity contribution in [1.82, 2.24) is 16.0 Å². The SMILES string of the molecule is CC(C)N[C@H](C(=O)N[C@@H](CCCNC(N)O)C(=O)C(C)C)C(C)C. The number of ketones is 1. The molecule has 0 radical (unpaired) electrons. The van der Waals surface area contributed by atoms with Gasteiger partial charge in [0.05, 0.1) is 12.1 Å². The Labute approximate surface area is 146 Å². The number of nitrogens with one attached hydrogen (secondary N) is 3. The van der Waals surface area contributed by atoms with E-state index in [1.54, 1.807) is 0 Å². The second-order valence-corrected chi connectivity index (χ2v) is 7.20. The Kier molecular flexibility index (Phi) is 11.0.